The van der Waals surface area contributed by atoms with E-state index in [-0.39, 0.29) is 0 Å². The zero-order chi connectivity index (χ0) is 9.94. The fourth-order valence-corrected chi connectivity index (χ4v) is 1.04. The number of hydrogen-bond acceptors (Lipinski definition) is 3. The Kier molecular flexibility index (Phi) is 9.87. The quantitative estimate of drug-likeness (QED) is 0.446. The van der Waals surface area contributed by atoms with Crippen molar-refractivity contribution >= 4 is 0 Å². The molecule has 0 aliphatic heterocycles. The predicted octanol–water partition coefficient (Wildman–Crippen LogP) is 1.94. The van der Waals surface area contributed by atoms with Crippen LogP contribution in [0.3, 0.4) is 0 Å². The smallest absolute Gasteiger partial charge is 0.154 e. The summed E-state index contributed by atoms with van der Waals surface area (Å²) in [6.07, 6.45) is 3.50. The van der Waals surface area contributed by atoms with Gasteiger partial charge in [-0.2, -0.15) is 0 Å². The standard InChI is InChI=1S/C10H22O3/c1-3-5-6-7-10(11)13-9-8-12-4-2/h10-11H,3-9H2,1-2H3. The fraction of sp³-hybridized carbons (Fsp3) is 1.00. The van der Waals surface area contributed by atoms with Gasteiger partial charge in [-0.25, -0.2) is 0 Å². The number of rotatable bonds is 9. The average Bonchev–Trinajstić information content (AvgIpc) is 2.13. The van der Waals surface area contributed by atoms with Crippen LogP contribution >= 0.6 is 0 Å². The molecule has 0 aromatic carbocycles. The summed E-state index contributed by atoms with van der Waals surface area (Å²) in [7, 11) is 0. The van der Waals surface area contributed by atoms with Crippen molar-refractivity contribution in [3.63, 3.8) is 0 Å². The van der Waals surface area contributed by atoms with Crippen molar-refractivity contribution in [2.75, 3.05) is 19.8 Å². The second-order valence-electron chi connectivity index (χ2n) is 3.02. The van der Waals surface area contributed by atoms with Crippen molar-refractivity contribution in [3.8, 4) is 0 Å². The lowest BCUT2D eigenvalue weighted by molar-refractivity contribution is -0.116. The van der Waals surface area contributed by atoms with Crippen LogP contribution in [0.25, 0.3) is 0 Å². The van der Waals surface area contributed by atoms with E-state index in [2.05, 4.69) is 6.92 Å². The molecule has 0 radical (unpaired) electrons. The Bertz CT molecular complexity index is 96.2. The van der Waals surface area contributed by atoms with E-state index in [1.54, 1.807) is 0 Å². The first-order valence-electron chi connectivity index (χ1n) is 5.18. The van der Waals surface area contributed by atoms with Crippen molar-refractivity contribution in [1.82, 2.24) is 0 Å². The molecule has 13 heavy (non-hydrogen) atoms. The molecular formula is C10H22O3. The summed E-state index contributed by atoms with van der Waals surface area (Å²) in [5.74, 6) is 0. The Morgan fingerprint density at radius 2 is 1.92 bits per heavy atom. The lowest BCUT2D eigenvalue weighted by Gasteiger charge is -2.11. The van der Waals surface area contributed by atoms with Gasteiger partial charge >= 0.3 is 0 Å². The van der Waals surface area contributed by atoms with Crippen LogP contribution < -0.4 is 0 Å². The highest BCUT2D eigenvalue weighted by Crippen LogP contribution is 2.03. The highest BCUT2D eigenvalue weighted by atomic mass is 16.6. The number of aliphatic hydroxyl groups is 1. The summed E-state index contributed by atoms with van der Waals surface area (Å²) in [5.41, 5.74) is 0. The van der Waals surface area contributed by atoms with Gasteiger partial charge in [0.25, 0.3) is 0 Å². The molecule has 0 aliphatic carbocycles. The van der Waals surface area contributed by atoms with E-state index in [1.807, 2.05) is 6.92 Å². The molecule has 3 heteroatoms. The molecule has 0 fully saturated rings. The molecule has 0 aromatic heterocycles. The third-order valence-corrected chi connectivity index (χ3v) is 1.80. The molecule has 0 amide bonds. The Morgan fingerprint density at radius 1 is 1.15 bits per heavy atom. The maximum absolute atomic E-state index is 9.30. The first-order valence-corrected chi connectivity index (χ1v) is 5.18. The van der Waals surface area contributed by atoms with E-state index in [9.17, 15) is 5.11 Å². The molecule has 0 aliphatic rings. The van der Waals surface area contributed by atoms with Crippen LogP contribution in [0.1, 0.15) is 39.5 Å². The normalized spacial score (nSPS) is 13.2. The molecular weight excluding hydrogens is 168 g/mol. The van der Waals surface area contributed by atoms with Gasteiger partial charge in [-0.3, -0.25) is 0 Å². The second kappa shape index (κ2) is 9.96. The van der Waals surface area contributed by atoms with Gasteiger partial charge < -0.3 is 14.6 Å². The zero-order valence-electron chi connectivity index (χ0n) is 8.79. The zero-order valence-corrected chi connectivity index (χ0v) is 8.79. The van der Waals surface area contributed by atoms with Crippen LogP contribution in [0.5, 0.6) is 0 Å². The second-order valence-corrected chi connectivity index (χ2v) is 3.02. The van der Waals surface area contributed by atoms with E-state index in [0.29, 0.717) is 19.8 Å². The Morgan fingerprint density at radius 3 is 2.54 bits per heavy atom. The van der Waals surface area contributed by atoms with Crippen LogP contribution in [0.4, 0.5) is 0 Å². The Labute approximate surface area is 81.0 Å². The average molecular weight is 190 g/mol. The minimum Gasteiger partial charge on any atom is -0.379 e. The predicted molar refractivity (Wildman–Crippen MR) is 52.6 cm³/mol. The monoisotopic (exact) mass is 190 g/mol. The van der Waals surface area contributed by atoms with Gasteiger partial charge in [0.1, 0.15) is 0 Å². The molecule has 1 unspecified atom stereocenters. The summed E-state index contributed by atoms with van der Waals surface area (Å²) in [5, 5.41) is 9.30. The van der Waals surface area contributed by atoms with Gasteiger partial charge in [0.15, 0.2) is 6.29 Å². The van der Waals surface area contributed by atoms with Crippen LogP contribution in [0.2, 0.25) is 0 Å². The molecule has 0 bridgehead atoms. The summed E-state index contributed by atoms with van der Waals surface area (Å²) < 4.78 is 10.2. The maximum atomic E-state index is 9.30. The van der Waals surface area contributed by atoms with Crippen LogP contribution in [0, 0.1) is 0 Å². The molecule has 1 atom stereocenters. The molecule has 0 aromatic rings. The number of hydrogen-bond donors (Lipinski definition) is 1. The number of ether oxygens (including phenoxy) is 2. The highest BCUT2D eigenvalue weighted by Gasteiger charge is 2.02. The van der Waals surface area contributed by atoms with Crippen LogP contribution in [-0.2, 0) is 9.47 Å². The van der Waals surface area contributed by atoms with Crippen molar-refractivity contribution in [1.29, 1.82) is 0 Å². The molecule has 80 valence electrons. The van der Waals surface area contributed by atoms with Crippen molar-refractivity contribution in [2.24, 2.45) is 0 Å². The van der Waals surface area contributed by atoms with Crippen LogP contribution in [-0.4, -0.2) is 31.2 Å². The Hall–Kier alpha value is -0.120. The lowest BCUT2D eigenvalue weighted by atomic mass is 10.2. The highest BCUT2D eigenvalue weighted by molar-refractivity contribution is 4.44. The number of unbranched alkanes of at least 4 members (excludes halogenated alkanes) is 2. The molecule has 0 saturated heterocycles. The van der Waals surface area contributed by atoms with Gasteiger partial charge in [0.05, 0.1) is 13.2 Å². The van der Waals surface area contributed by atoms with E-state index in [1.165, 1.54) is 6.42 Å². The van der Waals surface area contributed by atoms with Crippen molar-refractivity contribution in [2.45, 2.75) is 45.8 Å². The third-order valence-electron chi connectivity index (χ3n) is 1.80. The summed E-state index contributed by atoms with van der Waals surface area (Å²) >= 11 is 0. The molecule has 0 spiro atoms. The summed E-state index contributed by atoms with van der Waals surface area (Å²) in [6, 6.07) is 0. The minimum atomic E-state index is -0.605. The van der Waals surface area contributed by atoms with Gasteiger partial charge in [-0.1, -0.05) is 19.8 Å². The fourth-order valence-electron chi connectivity index (χ4n) is 1.04. The molecule has 1 N–H and O–H groups in total. The van der Waals surface area contributed by atoms with Gasteiger partial charge in [0, 0.05) is 6.61 Å². The molecule has 0 heterocycles. The minimum absolute atomic E-state index is 0.487. The van der Waals surface area contributed by atoms with Crippen LogP contribution in [0.15, 0.2) is 0 Å². The van der Waals surface area contributed by atoms with Gasteiger partial charge in [-0.15, -0.1) is 0 Å². The molecule has 0 rings (SSSR count). The first kappa shape index (κ1) is 12.9. The third kappa shape index (κ3) is 9.80. The van der Waals surface area contributed by atoms with Crippen molar-refractivity contribution in [3.05, 3.63) is 0 Å². The largest absolute Gasteiger partial charge is 0.379 e. The van der Waals surface area contributed by atoms with E-state index < -0.39 is 6.29 Å². The van der Waals surface area contributed by atoms with Gasteiger partial charge in [-0.05, 0) is 19.8 Å². The van der Waals surface area contributed by atoms with Crippen molar-refractivity contribution < 1.29 is 14.6 Å². The lowest BCUT2D eigenvalue weighted by Crippen LogP contribution is -2.15. The SMILES string of the molecule is CCCCCC(O)OCCOCC. The topological polar surface area (TPSA) is 38.7 Å². The first-order chi connectivity index (χ1) is 6.31. The van der Waals surface area contributed by atoms with E-state index in [0.717, 1.165) is 19.3 Å². The van der Waals surface area contributed by atoms with E-state index >= 15 is 0 Å². The maximum Gasteiger partial charge on any atom is 0.154 e. The van der Waals surface area contributed by atoms with E-state index in [4.69, 9.17) is 9.47 Å². The number of aliphatic hydroxyl groups excluding tert-OH is 1. The summed E-state index contributed by atoms with van der Waals surface area (Å²) in [4.78, 5) is 0. The summed E-state index contributed by atoms with van der Waals surface area (Å²) in [6.45, 7) is 5.85. The Balaban J connectivity index is 3.05. The molecule has 3 nitrogen and oxygen atoms in total. The molecule has 0 saturated carbocycles. The van der Waals surface area contributed by atoms with Gasteiger partial charge in [0.2, 0.25) is 0 Å².